The molecule has 6 heteroatoms. The van der Waals surface area contributed by atoms with Crippen molar-refractivity contribution in [1.29, 1.82) is 0 Å². The molecule has 0 unspecified atom stereocenters. The quantitative estimate of drug-likeness (QED) is 0.281. The largest absolute Gasteiger partial charge is 0.460 e. The number of hydrogen-bond donors (Lipinski definition) is 0. The third-order valence-corrected chi connectivity index (χ3v) is 5.93. The van der Waals surface area contributed by atoms with Crippen molar-refractivity contribution < 1.29 is 18.7 Å². The van der Waals surface area contributed by atoms with E-state index in [1.54, 1.807) is 11.0 Å². The van der Waals surface area contributed by atoms with Crippen LogP contribution in [0.15, 0.2) is 89.3 Å². The number of likely N-dealkylation sites (N-methyl/N-ethyl adjacent to an activating group) is 1. The number of aromatic nitrogens is 1. The van der Waals surface area contributed by atoms with Crippen molar-refractivity contribution in [3.8, 4) is 11.5 Å². The molecular weight excluding hydrogens is 440 g/mol. The fraction of sp³-hybridized carbons (Fsp3) is 0.138. The van der Waals surface area contributed by atoms with Crippen LogP contribution in [0.25, 0.3) is 33.1 Å². The van der Waals surface area contributed by atoms with Gasteiger partial charge < -0.3 is 14.1 Å². The lowest BCUT2D eigenvalue weighted by Crippen LogP contribution is -2.34. The number of carbonyl (C=O) groups excluding carboxylic acids is 2. The Morgan fingerprint density at radius 3 is 2.43 bits per heavy atom. The minimum absolute atomic E-state index is 0.294. The molecule has 0 saturated heterocycles. The van der Waals surface area contributed by atoms with Crippen LogP contribution in [-0.4, -0.2) is 30.0 Å². The summed E-state index contributed by atoms with van der Waals surface area (Å²) >= 11 is 0. The minimum Gasteiger partial charge on any atom is -0.460 e. The number of para-hydroxylation sites is 1. The molecule has 2 heterocycles. The number of esters is 1. The van der Waals surface area contributed by atoms with Crippen LogP contribution >= 0.6 is 0 Å². The van der Waals surface area contributed by atoms with Crippen molar-refractivity contribution in [3.05, 3.63) is 96.3 Å². The lowest BCUT2D eigenvalue weighted by atomic mass is 10.1. The van der Waals surface area contributed by atoms with Gasteiger partial charge in [0.15, 0.2) is 12.4 Å². The summed E-state index contributed by atoms with van der Waals surface area (Å²) < 4.78 is 11.2. The van der Waals surface area contributed by atoms with Crippen molar-refractivity contribution in [2.75, 3.05) is 18.1 Å². The second-order valence-corrected chi connectivity index (χ2v) is 8.19. The van der Waals surface area contributed by atoms with E-state index in [9.17, 15) is 9.59 Å². The summed E-state index contributed by atoms with van der Waals surface area (Å²) in [7, 11) is 0. The highest BCUT2D eigenvalue weighted by atomic mass is 16.5. The third-order valence-electron chi connectivity index (χ3n) is 5.93. The fourth-order valence-electron chi connectivity index (χ4n) is 4.25. The molecule has 1 amide bonds. The smallest absolute Gasteiger partial charge is 0.339 e. The standard InChI is InChI=1S/C29H24N2O4/c1-3-31(26-14-8-10-20-9-4-5-11-21(20)26)28(32)18-34-29(33)23-17-25(27-16-15-19(2)35-27)30-24-13-7-6-12-22(23)24/h4-17H,3,18H2,1-2H3. The van der Waals surface area contributed by atoms with E-state index in [-0.39, 0.29) is 12.5 Å². The second-order valence-electron chi connectivity index (χ2n) is 8.19. The molecule has 0 aliphatic rings. The van der Waals surface area contributed by atoms with Crippen LogP contribution in [0, 0.1) is 6.92 Å². The zero-order valence-corrected chi connectivity index (χ0v) is 19.5. The molecule has 0 aliphatic carbocycles. The van der Waals surface area contributed by atoms with Gasteiger partial charge in [0.25, 0.3) is 5.91 Å². The number of ether oxygens (including phenoxy) is 1. The van der Waals surface area contributed by atoms with E-state index >= 15 is 0 Å². The lowest BCUT2D eigenvalue weighted by molar-refractivity contribution is -0.121. The van der Waals surface area contributed by atoms with Crippen molar-refractivity contribution >= 4 is 39.2 Å². The number of nitrogens with zero attached hydrogens (tertiary/aromatic N) is 2. The summed E-state index contributed by atoms with van der Waals surface area (Å²) in [5, 5.41) is 2.66. The molecule has 0 fully saturated rings. The first kappa shape index (κ1) is 22.3. The summed E-state index contributed by atoms with van der Waals surface area (Å²) in [6.07, 6.45) is 0. The molecule has 5 rings (SSSR count). The number of amides is 1. The molecule has 174 valence electrons. The van der Waals surface area contributed by atoms with Gasteiger partial charge in [-0.25, -0.2) is 9.78 Å². The van der Waals surface area contributed by atoms with Gasteiger partial charge in [-0.2, -0.15) is 0 Å². The van der Waals surface area contributed by atoms with E-state index in [4.69, 9.17) is 9.15 Å². The Bertz CT molecular complexity index is 1550. The summed E-state index contributed by atoms with van der Waals surface area (Å²) in [6.45, 7) is 3.82. The third kappa shape index (κ3) is 4.38. The minimum atomic E-state index is -0.588. The zero-order chi connectivity index (χ0) is 24.4. The number of aryl methyl sites for hydroxylation is 1. The van der Waals surface area contributed by atoms with Gasteiger partial charge in [-0.1, -0.05) is 54.6 Å². The highest BCUT2D eigenvalue weighted by molar-refractivity contribution is 6.07. The SMILES string of the molecule is CCN(C(=O)COC(=O)c1cc(-c2ccc(C)o2)nc2ccccc12)c1cccc2ccccc12. The molecule has 0 aliphatic heterocycles. The van der Waals surface area contributed by atoms with Crippen LogP contribution in [-0.2, 0) is 9.53 Å². The first-order valence-corrected chi connectivity index (χ1v) is 11.5. The molecular formula is C29H24N2O4. The summed E-state index contributed by atoms with van der Waals surface area (Å²) in [4.78, 5) is 32.6. The number of carbonyl (C=O) groups is 2. The monoisotopic (exact) mass is 464 g/mol. The lowest BCUT2D eigenvalue weighted by Gasteiger charge is -2.22. The highest BCUT2D eigenvalue weighted by Crippen LogP contribution is 2.28. The molecule has 2 aromatic heterocycles. The number of rotatable bonds is 6. The number of pyridine rings is 1. The van der Waals surface area contributed by atoms with Crippen molar-refractivity contribution in [2.24, 2.45) is 0 Å². The topological polar surface area (TPSA) is 72.6 Å². The molecule has 0 N–H and O–H groups in total. The summed E-state index contributed by atoms with van der Waals surface area (Å²) in [6, 6.07) is 26.3. The Labute approximate surface area is 202 Å². The number of anilines is 1. The van der Waals surface area contributed by atoms with Gasteiger partial charge >= 0.3 is 5.97 Å². The van der Waals surface area contributed by atoms with Gasteiger partial charge in [0.05, 0.1) is 16.8 Å². The van der Waals surface area contributed by atoms with Crippen LogP contribution in [0.4, 0.5) is 5.69 Å². The van der Waals surface area contributed by atoms with E-state index in [2.05, 4.69) is 4.98 Å². The van der Waals surface area contributed by atoms with Crippen molar-refractivity contribution in [2.45, 2.75) is 13.8 Å². The van der Waals surface area contributed by atoms with Crippen molar-refractivity contribution in [3.63, 3.8) is 0 Å². The van der Waals surface area contributed by atoms with Gasteiger partial charge in [0.1, 0.15) is 11.5 Å². The van der Waals surface area contributed by atoms with E-state index in [1.807, 2.05) is 92.7 Å². The van der Waals surface area contributed by atoms with Gasteiger partial charge in [0.2, 0.25) is 0 Å². The molecule has 0 atom stereocenters. The molecule has 3 aromatic carbocycles. The molecule has 0 bridgehead atoms. The van der Waals surface area contributed by atoms with Crippen LogP contribution in [0.3, 0.4) is 0 Å². The van der Waals surface area contributed by atoms with Gasteiger partial charge in [0, 0.05) is 17.3 Å². The maximum atomic E-state index is 13.2. The molecule has 5 aromatic rings. The van der Waals surface area contributed by atoms with Crippen molar-refractivity contribution in [1.82, 2.24) is 4.98 Å². The molecule has 0 saturated carbocycles. The average molecular weight is 465 g/mol. The van der Waals surface area contributed by atoms with E-state index in [0.29, 0.717) is 34.5 Å². The first-order valence-electron chi connectivity index (χ1n) is 11.5. The Balaban J connectivity index is 1.41. The molecule has 35 heavy (non-hydrogen) atoms. The first-order chi connectivity index (χ1) is 17.0. The number of hydrogen-bond acceptors (Lipinski definition) is 5. The predicted molar refractivity (Wildman–Crippen MR) is 136 cm³/mol. The Hall–Kier alpha value is -4.45. The fourth-order valence-corrected chi connectivity index (χ4v) is 4.25. The summed E-state index contributed by atoms with van der Waals surface area (Å²) in [5.74, 6) is 0.428. The summed E-state index contributed by atoms with van der Waals surface area (Å²) in [5.41, 5.74) is 2.29. The number of furan rings is 1. The van der Waals surface area contributed by atoms with E-state index in [0.717, 1.165) is 22.2 Å². The normalized spacial score (nSPS) is 11.0. The zero-order valence-electron chi connectivity index (χ0n) is 19.5. The maximum absolute atomic E-state index is 13.2. The maximum Gasteiger partial charge on any atom is 0.339 e. The average Bonchev–Trinajstić information content (AvgIpc) is 3.33. The highest BCUT2D eigenvalue weighted by Gasteiger charge is 2.21. The molecule has 0 radical (unpaired) electrons. The van der Waals surface area contributed by atoms with E-state index in [1.165, 1.54) is 0 Å². The number of benzene rings is 3. The van der Waals surface area contributed by atoms with Crippen LogP contribution < -0.4 is 4.90 Å². The van der Waals surface area contributed by atoms with Gasteiger partial charge in [-0.15, -0.1) is 0 Å². The van der Waals surface area contributed by atoms with Crippen LogP contribution in [0.2, 0.25) is 0 Å². The predicted octanol–water partition coefficient (Wildman–Crippen LogP) is 6.17. The van der Waals surface area contributed by atoms with Gasteiger partial charge in [-0.3, -0.25) is 4.79 Å². The van der Waals surface area contributed by atoms with Gasteiger partial charge in [-0.05, 0) is 49.6 Å². The Morgan fingerprint density at radius 2 is 1.66 bits per heavy atom. The molecule has 6 nitrogen and oxygen atoms in total. The Morgan fingerprint density at radius 1 is 0.914 bits per heavy atom. The second kappa shape index (κ2) is 9.43. The molecule has 0 spiro atoms. The Kier molecular flexibility index (Phi) is 6.02. The van der Waals surface area contributed by atoms with Crippen LogP contribution in [0.1, 0.15) is 23.0 Å². The van der Waals surface area contributed by atoms with Crippen LogP contribution in [0.5, 0.6) is 0 Å². The van der Waals surface area contributed by atoms with E-state index < -0.39 is 5.97 Å². The number of fused-ring (bicyclic) bond motifs is 2.